The smallest absolute Gasteiger partial charge is 0.0926 e. The number of rotatable bonds is 6. The normalized spacial score (nSPS) is 20.2. The number of aromatic amines is 1. The number of likely N-dealkylation sites (tertiary alicyclic amines) is 1. The van der Waals surface area contributed by atoms with Gasteiger partial charge in [0.25, 0.3) is 0 Å². The predicted molar refractivity (Wildman–Crippen MR) is 112 cm³/mol. The molecule has 0 unspecified atom stereocenters. The Hall–Kier alpha value is -1.66. The van der Waals surface area contributed by atoms with Gasteiger partial charge in [-0.3, -0.25) is 14.5 Å². The molecule has 0 amide bonds. The number of fused-ring (bicyclic) bond motifs is 2. The summed E-state index contributed by atoms with van der Waals surface area (Å²) in [5.74, 6) is 0.683. The SMILES string of the molecule is CCCn1cc(CN2CCC3(CC2)c2nc[nH]c2CCN3CC(C)C)c(C)n1. The molecule has 0 aromatic carbocycles. The third-order valence-corrected chi connectivity index (χ3v) is 6.56. The topological polar surface area (TPSA) is 53.0 Å². The number of H-pyrrole nitrogens is 1. The Kier molecular flexibility index (Phi) is 5.61. The average Bonchev–Trinajstić information content (AvgIpc) is 3.27. The first-order chi connectivity index (χ1) is 13.5. The first-order valence-electron chi connectivity index (χ1n) is 11.0. The molecule has 6 heteroatoms. The van der Waals surface area contributed by atoms with Crippen LogP contribution in [0.5, 0.6) is 0 Å². The molecule has 0 bridgehead atoms. The summed E-state index contributed by atoms with van der Waals surface area (Å²) in [4.78, 5) is 13.6. The highest BCUT2D eigenvalue weighted by atomic mass is 15.3. The van der Waals surface area contributed by atoms with E-state index in [0.717, 1.165) is 52.1 Å². The van der Waals surface area contributed by atoms with Gasteiger partial charge in [0.05, 0.1) is 23.3 Å². The van der Waals surface area contributed by atoms with E-state index in [4.69, 9.17) is 4.98 Å². The van der Waals surface area contributed by atoms with E-state index in [1.165, 1.54) is 35.5 Å². The van der Waals surface area contributed by atoms with Crippen LogP contribution < -0.4 is 0 Å². The van der Waals surface area contributed by atoms with Gasteiger partial charge in [-0.2, -0.15) is 5.10 Å². The Morgan fingerprint density at radius 2 is 2.00 bits per heavy atom. The molecule has 1 saturated heterocycles. The Morgan fingerprint density at radius 3 is 2.71 bits per heavy atom. The second kappa shape index (κ2) is 7.99. The maximum atomic E-state index is 4.81. The summed E-state index contributed by atoms with van der Waals surface area (Å²) in [7, 11) is 0. The molecule has 0 atom stereocenters. The molecule has 2 aliphatic heterocycles. The van der Waals surface area contributed by atoms with Crippen molar-refractivity contribution in [3.8, 4) is 0 Å². The molecular formula is C22H36N6. The third kappa shape index (κ3) is 3.64. The highest BCUT2D eigenvalue weighted by Crippen LogP contribution is 2.42. The monoisotopic (exact) mass is 384 g/mol. The lowest BCUT2D eigenvalue weighted by molar-refractivity contribution is -0.00359. The molecule has 0 saturated carbocycles. The second-order valence-electron chi connectivity index (χ2n) is 9.13. The maximum absolute atomic E-state index is 4.81. The van der Waals surface area contributed by atoms with E-state index in [1.54, 1.807) is 0 Å². The zero-order valence-corrected chi connectivity index (χ0v) is 18.0. The van der Waals surface area contributed by atoms with Crippen molar-refractivity contribution in [2.45, 2.75) is 72.0 Å². The quantitative estimate of drug-likeness (QED) is 0.830. The molecule has 2 aromatic heterocycles. The predicted octanol–water partition coefficient (Wildman–Crippen LogP) is 3.33. The van der Waals surface area contributed by atoms with E-state index in [1.807, 2.05) is 6.33 Å². The van der Waals surface area contributed by atoms with Crippen LogP contribution in [0.4, 0.5) is 0 Å². The number of hydrogen-bond acceptors (Lipinski definition) is 4. The number of nitrogens with zero attached hydrogens (tertiary/aromatic N) is 5. The summed E-state index contributed by atoms with van der Waals surface area (Å²) in [5, 5.41) is 4.68. The van der Waals surface area contributed by atoms with Crippen molar-refractivity contribution >= 4 is 0 Å². The Bertz CT molecular complexity index is 781. The van der Waals surface area contributed by atoms with E-state index in [-0.39, 0.29) is 5.54 Å². The van der Waals surface area contributed by atoms with Gasteiger partial charge in [0.2, 0.25) is 0 Å². The molecule has 1 spiro atoms. The third-order valence-electron chi connectivity index (χ3n) is 6.56. The second-order valence-corrected chi connectivity index (χ2v) is 9.13. The first-order valence-corrected chi connectivity index (χ1v) is 11.0. The summed E-state index contributed by atoms with van der Waals surface area (Å²) >= 11 is 0. The maximum Gasteiger partial charge on any atom is 0.0926 e. The van der Waals surface area contributed by atoms with Gasteiger partial charge in [-0.25, -0.2) is 4.98 Å². The van der Waals surface area contributed by atoms with Crippen LogP contribution in [0.25, 0.3) is 0 Å². The van der Waals surface area contributed by atoms with Crippen molar-refractivity contribution < 1.29 is 0 Å². The molecular weight excluding hydrogens is 348 g/mol. The Morgan fingerprint density at radius 1 is 1.21 bits per heavy atom. The van der Waals surface area contributed by atoms with E-state index < -0.39 is 0 Å². The molecule has 154 valence electrons. The highest BCUT2D eigenvalue weighted by Gasteiger charge is 2.46. The lowest BCUT2D eigenvalue weighted by Gasteiger charge is -2.51. The molecule has 0 radical (unpaired) electrons. The average molecular weight is 385 g/mol. The number of imidazole rings is 1. The summed E-state index contributed by atoms with van der Waals surface area (Å²) in [6.45, 7) is 15.6. The molecule has 2 aromatic rings. The van der Waals surface area contributed by atoms with Gasteiger partial charge in [-0.05, 0) is 32.1 Å². The lowest BCUT2D eigenvalue weighted by atomic mass is 9.78. The molecule has 0 aliphatic carbocycles. The van der Waals surface area contributed by atoms with Gasteiger partial charge in [0.15, 0.2) is 0 Å². The molecule has 4 heterocycles. The number of hydrogen-bond donors (Lipinski definition) is 1. The summed E-state index contributed by atoms with van der Waals surface area (Å²) in [6, 6.07) is 0. The molecule has 4 rings (SSSR count). The van der Waals surface area contributed by atoms with Crippen LogP contribution in [-0.2, 0) is 25.0 Å². The Balaban J connectivity index is 1.48. The number of aromatic nitrogens is 4. The van der Waals surface area contributed by atoms with Crippen LogP contribution in [0.1, 0.15) is 62.7 Å². The van der Waals surface area contributed by atoms with Crippen molar-refractivity contribution in [3.05, 3.63) is 35.2 Å². The first kappa shape index (κ1) is 19.6. The summed E-state index contributed by atoms with van der Waals surface area (Å²) < 4.78 is 2.11. The van der Waals surface area contributed by atoms with Gasteiger partial charge < -0.3 is 4.98 Å². The minimum Gasteiger partial charge on any atom is -0.348 e. The van der Waals surface area contributed by atoms with Gasteiger partial charge >= 0.3 is 0 Å². The minimum absolute atomic E-state index is 0.121. The van der Waals surface area contributed by atoms with E-state index in [0.29, 0.717) is 5.92 Å². The van der Waals surface area contributed by atoms with Crippen molar-refractivity contribution in [3.63, 3.8) is 0 Å². The number of piperidine rings is 1. The van der Waals surface area contributed by atoms with Crippen molar-refractivity contribution in [1.29, 1.82) is 0 Å². The molecule has 6 nitrogen and oxygen atoms in total. The highest BCUT2D eigenvalue weighted by molar-refractivity contribution is 5.27. The fourth-order valence-corrected chi connectivity index (χ4v) is 5.16. The van der Waals surface area contributed by atoms with Crippen molar-refractivity contribution in [1.82, 2.24) is 29.5 Å². The standard InChI is InChI=1S/C22H36N6/c1-5-9-28-15-19(18(4)25-28)14-26-11-7-22(8-12-26)21-20(23-16-24-21)6-10-27(22)13-17(2)3/h15-17H,5-14H2,1-4H3,(H,23,24). The summed E-state index contributed by atoms with van der Waals surface area (Å²) in [5.41, 5.74) is 5.38. The fraction of sp³-hybridized carbons (Fsp3) is 0.727. The van der Waals surface area contributed by atoms with Gasteiger partial charge in [0.1, 0.15) is 0 Å². The van der Waals surface area contributed by atoms with Gasteiger partial charge in [0, 0.05) is 63.1 Å². The molecule has 1 fully saturated rings. The van der Waals surface area contributed by atoms with Gasteiger partial charge in [-0.1, -0.05) is 20.8 Å². The molecule has 1 N–H and O–H groups in total. The van der Waals surface area contributed by atoms with Crippen LogP contribution in [0.2, 0.25) is 0 Å². The van der Waals surface area contributed by atoms with Crippen LogP contribution in [0.3, 0.4) is 0 Å². The summed E-state index contributed by atoms with van der Waals surface area (Å²) in [6.07, 6.45) is 8.72. The van der Waals surface area contributed by atoms with Crippen molar-refractivity contribution in [2.75, 3.05) is 26.2 Å². The van der Waals surface area contributed by atoms with E-state index in [9.17, 15) is 0 Å². The van der Waals surface area contributed by atoms with Crippen molar-refractivity contribution in [2.24, 2.45) is 5.92 Å². The largest absolute Gasteiger partial charge is 0.348 e. The number of aryl methyl sites for hydroxylation is 2. The van der Waals surface area contributed by atoms with E-state index >= 15 is 0 Å². The van der Waals surface area contributed by atoms with Gasteiger partial charge in [-0.15, -0.1) is 0 Å². The van der Waals surface area contributed by atoms with Crippen LogP contribution >= 0.6 is 0 Å². The zero-order chi connectivity index (χ0) is 19.7. The number of nitrogens with one attached hydrogen (secondary N) is 1. The minimum atomic E-state index is 0.121. The van der Waals surface area contributed by atoms with Crippen LogP contribution in [0.15, 0.2) is 12.5 Å². The fourth-order valence-electron chi connectivity index (χ4n) is 5.16. The van der Waals surface area contributed by atoms with Crippen LogP contribution in [-0.4, -0.2) is 55.7 Å². The Labute approximate surface area is 169 Å². The molecule has 28 heavy (non-hydrogen) atoms. The molecule has 2 aliphatic rings. The van der Waals surface area contributed by atoms with Crippen LogP contribution in [0, 0.1) is 12.8 Å². The zero-order valence-electron chi connectivity index (χ0n) is 18.0. The lowest BCUT2D eigenvalue weighted by Crippen LogP contribution is -2.57. The van der Waals surface area contributed by atoms with E-state index in [2.05, 4.69) is 58.5 Å².